The second-order valence-corrected chi connectivity index (χ2v) is 7.84. The zero-order valence-corrected chi connectivity index (χ0v) is 20.8. The van der Waals surface area contributed by atoms with Gasteiger partial charge in [-0.3, -0.25) is 4.79 Å². The van der Waals surface area contributed by atoms with Gasteiger partial charge in [0.1, 0.15) is 12.0 Å². The van der Waals surface area contributed by atoms with Crippen LogP contribution in [0, 0.1) is 12.8 Å². The first-order valence-corrected chi connectivity index (χ1v) is 10.9. The molecule has 1 heterocycles. The van der Waals surface area contributed by atoms with E-state index in [4.69, 9.17) is 4.42 Å². The van der Waals surface area contributed by atoms with Gasteiger partial charge < -0.3 is 20.4 Å². The number of halogens is 1. The minimum atomic E-state index is 0. The number of rotatable bonds is 9. The molecule has 0 bridgehead atoms. The molecule has 3 N–H and O–H groups in total. The summed E-state index contributed by atoms with van der Waals surface area (Å²) in [6.07, 6.45) is 7.21. The Kier molecular flexibility index (Phi) is 10.8. The van der Waals surface area contributed by atoms with Crippen LogP contribution in [-0.2, 0) is 11.3 Å². The van der Waals surface area contributed by atoms with Crippen molar-refractivity contribution in [3.63, 3.8) is 0 Å². The van der Waals surface area contributed by atoms with E-state index in [0.717, 1.165) is 17.8 Å². The van der Waals surface area contributed by atoms with Gasteiger partial charge >= 0.3 is 0 Å². The number of amides is 1. The van der Waals surface area contributed by atoms with Gasteiger partial charge in [-0.25, -0.2) is 9.98 Å². The lowest BCUT2D eigenvalue weighted by atomic mass is 10.0. The summed E-state index contributed by atoms with van der Waals surface area (Å²) in [5.41, 5.74) is 2.92. The van der Waals surface area contributed by atoms with Crippen molar-refractivity contribution >= 4 is 35.8 Å². The third-order valence-corrected chi connectivity index (χ3v) is 5.28. The number of hydrogen-bond donors (Lipinski definition) is 3. The van der Waals surface area contributed by atoms with Crippen LogP contribution in [0.4, 0.5) is 0 Å². The standard InChI is InChI=1S/C23H33N5O2.HI/c1-3-24-23(26-13-12-25-21(29)14-18-6-4-5-7-18)27-15-20-16-30-22(28-20)19-10-8-17(2)9-11-19;/h8-11,16,18H,3-7,12-15H2,1-2H3,(H,25,29)(H2,24,26,27);1H. The monoisotopic (exact) mass is 539 g/mol. The summed E-state index contributed by atoms with van der Waals surface area (Å²) in [4.78, 5) is 21.1. The van der Waals surface area contributed by atoms with Gasteiger partial charge in [0.25, 0.3) is 0 Å². The van der Waals surface area contributed by atoms with Crippen LogP contribution >= 0.6 is 24.0 Å². The fourth-order valence-corrected chi connectivity index (χ4v) is 3.64. The zero-order valence-electron chi connectivity index (χ0n) is 18.4. The van der Waals surface area contributed by atoms with Gasteiger partial charge in [0.05, 0.1) is 6.54 Å². The maximum atomic E-state index is 12.0. The Hall–Kier alpha value is -2.10. The van der Waals surface area contributed by atoms with Crippen LogP contribution in [0.2, 0.25) is 0 Å². The number of aliphatic imine (C=N–C) groups is 1. The van der Waals surface area contributed by atoms with E-state index in [1.165, 1.54) is 31.2 Å². The molecule has 31 heavy (non-hydrogen) atoms. The van der Waals surface area contributed by atoms with Crippen molar-refractivity contribution < 1.29 is 9.21 Å². The molecule has 0 unspecified atom stereocenters. The Balaban J connectivity index is 0.00000341. The van der Waals surface area contributed by atoms with E-state index in [-0.39, 0.29) is 29.9 Å². The zero-order chi connectivity index (χ0) is 21.2. The fraction of sp³-hybridized carbons (Fsp3) is 0.522. The van der Waals surface area contributed by atoms with Crippen molar-refractivity contribution in [2.45, 2.75) is 52.5 Å². The number of nitrogens with one attached hydrogen (secondary N) is 3. The highest BCUT2D eigenvalue weighted by Gasteiger charge is 2.17. The van der Waals surface area contributed by atoms with Gasteiger partial charge in [-0.05, 0) is 44.7 Å². The Labute approximate surface area is 201 Å². The number of guanidine groups is 1. The third-order valence-electron chi connectivity index (χ3n) is 5.28. The Morgan fingerprint density at radius 2 is 1.84 bits per heavy atom. The first-order chi connectivity index (χ1) is 14.6. The average molecular weight is 539 g/mol. The Morgan fingerprint density at radius 1 is 1.13 bits per heavy atom. The van der Waals surface area contributed by atoms with Gasteiger partial charge in [-0.1, -0.05) is 30.5 Å². The number of oxazole rings is 1. The van der Waals surface area contributed by atoms with Crippen molar-refractivity contribution in [3.05, 3.63) is 41.8 Å². The molecule has 0 radical (unpaired) electrons. The van der Waals surface area contributed by atoms with Gasteiger partial charge in [-0.2, -0.15) is 0 Å². The van der Waals surface area contributed by atoms with Crippen LogP contribution in [0.3, 0.4) is 0 Å². The number of carbonyl (C=O) groups excluding carboxylic acids is 1. The van der Waals surface area contributed by atoms with Crippen LogP contribution in [0.25, 0.3) is 11.5 Å². The van der Waals surface area contributed by atoms with Gasteiger partial charge in [0, 0.05) is 31.6 Å². The minimum Gasteiger partial charge on any atom is -0.444 e. The highest BCUT2D eigenvalue weighted by molar-refractivity contribution is 14.0. The van der Waals surface area contributed by atoms with Gasteiger partial charge in [-0.15, -0.1) is 24.0 Å². The van der Waals surface area contributed by atoms with Crippen molar-refractivity contribution in [2.75, 3.05) is 19.6 Å². The number of hydrogen-bond acceptors (Lipinski definition) is 4. The summed E-state index contributed by atoms with van der Waals surface area (Å²) in [6.45, 7) is 6.45. The maximum absolute atomic E-state index is 12.0. The number of aryl methyl sites for hydroxylation is 1. The second-order valence-electron chi connectivity index (χ2n) is 7.84. The maximum Gasteiger partial charge on any atom is 0.226 e. The fourth-order valence-electron chi connectivity index (χ4n) is 3.64. The predicted octanol–water partition coefficient (Wildman–Crippen LogP) is 4.02. The highest BCUT2D eigenvalue weighted by atomic mass is 127. The molecule has 0 spiro atoms. The number of aromatic nitrogens is 1. The molecule has 3 rings (SSSR count). The molecule has 8 heteroatoms. The summed E-state index contributed by atoms with van der Waals surface area (Å²) in [6, 6.07) is 8.08. The molecule has 0 aliphatic heterocycles. The summed E-state index contributed by atoms with van der Waals surface area (Å²) < 4.78 is 5.59. The van der Waals surface area contributed by atoms with Gasteiger partial charge in [0.2, 0.25) is 11.8 Å². The summed E-state index contributed by atoms with van der Waals surface area (Å²) in [7, 11) is 0. The lowest BCUT2D eigenvalue weighted by Gasteiger charge is -2.12. The molecule has 1 aromatic heterocycles. The van der Waals surface area contributed by atoms with Crippen LogP contribution in [-0.4, -0.2) is 36.5 Å². The molecule has 2 aromatic rings. The second kappa shape index (κ2) is 13.3. The summed E-state index contributed by atoms with van der Waals surface area (Å²) in [5, 5.41) is 9.46. The van der Waals surface area contributed by atoms with Crippen molar-refractivity contribution in [3.8, 4) is 11.5 Å². The molecule has 7 nitrogen and oxygen atoms in total. The molecule has 1 aliphatic carbocycles. The Morgan fingerprint density at radius 3 is 2.55 bits per heavy atom. The molecular formula is C23H34IN5O2. The van der Waals surface area contributed by atoms with E-state index in [9.17, 15) is 4.79 Å². The normalized spacial score (nSPS) is 14.2. The molecule has 170 valence electrons. The third kappa shape index (κ3) is 8.51. The Bertz CT molecular complexity index is 829. The molecule has 0 saturated heterocycles. The van der Waals surface area contributed by atoms with E-state index in [1.807, 2.05) is 31.2 Å². The molecule has 1 aromatic carbocycles. The molecule has 0 atom stereocenters. The van der Waals surface area contributed by atoms with E-state index in [2.05, 4.69) is 32.9 Å². The summed E-state index contributed by atoms with van der Waals surface area (Å²) >= 11 is 0. The van der Waals surface area contributed by atoms with Gasteiger partial charge in [0.15, 0.2) is 5.96 Å². The number of nitrogens with zero attached hydrogens (tertiary/aromatic N) is 2. The predicted molar refractivity (Wildman–Crippen MR) is 134 cm³/mol. The van der Waals surface area contributed by atoms with Crippen LogP contribution in [0.1, 0.15) is 50.3 Å². The SMILES string of the molecule is CCNC(=NCc1coc(-c2ccc(C)cc2)n1)NCCNC(=O)CC1CCCC1.I. The van der Waals surface area contributed by atoms with Crippen molar-refractivity contribution in [2.24, 2.45) is 10.9 Å². The molecule has 1 amide bonds. The lowest BCUT2D eigenvalue weighted by Crippen LogP contribution is -2.41. The van der Waals surface area contributed by atoms with Crippen LogP contribution in [0.5, 0.6) is 0 Å². The quantitative estimate of drug-likeness (QED) is 0.194. The molecule has 1 saturated carbocycles. The highest BCUT2D eigenvalue weighted by Crippen LogP contribution is 2.27. The molecule has 1 fully saturated rings. The number of carbonyl (C=O) groups is 1. The smallest absolute Gasteiger partial charge is 0.226 e. The number of benzene rings is 1. The minimum absolute atomic E-state index is 0. The largest absolute Gasteiger partial charge is 0.444 e. The van der Waals surface area contributed by atoms with E-state index < -0.39 is 0 Å². The lowest BCUT2D eigenvalue weighted by molar-refractivity contribution is -0.121. The van der Waals surface area contributed by atoms with Crippen LogP contribution in [0.15, 0.2) is 39.9 Å². The first kappa shape index (κ1) is 25.2. The van der Waals surface area contributed by atoms with Crippen molar-refractivity contribution in [1.29, 1.82) is 0 Å². The van der Waals surface area contributed by atoms with E-state index >= 15 is 0 Å². The van der Waals surface area contributed by atoms with Crippen LogP contribution < -0.4 is 16.0 Å². The topological polar surface area (TPSA) is 91.6 Å². The summed E-state index contributed by atoms with van der Waals surface area (Å²) in [5.74, 6) is 2.02. The molecule has 1 aliphatic rings. The molecular weight excluding hydrogens is 505 g/mol. The van der Waals surface area contributed by atoms with E-state index in [1.54, 1.807) is 6.26 Å². The van der Waals surface area contributed by atoms with E-state index in [0.29, 0.717) is 43.8 Å². The van der Waals surface area contributed by atoms with Crippen molar-refractivity contribution in [1.82, 2.24) is 20.9 Å². The average Bonchev–Trinajstić information content (AvgIpc) is 3.42. The first-order valence-electron chi connectivity index (χ1n) is 10.9.